The third kappa shape index (κ3) is 2.50. The normalized spacial score (nSPS) is 12.5. The average Bonchev–Trinajstić information content (AvgIpc) is 2.08. The standard InChI is InChI=1S/C9H8F2O3/c10-5-1-2-7(11)6(3-5)8(12)4-9(13)14/h1-3,8,12H,4H2,(H,13,14)/t8-/m0/s1. The van der Waals surface area contributed by atoms with Crippen LogP contribution in [0.15, 0.2) is 18.2 Å². The highest BCUT2D eigenvalue weighted by molar-refractivity contribution is 5.67. The van der Waals surface area contributed by atoms with Crippen molar-refractivity contribution in [2.75, 3.05) is 0 Å². The Bertz CT molecular complexity index is 352. The van der Waals surface area contributed by atoms with E-state index in [4.69, 9.17) is 5.11 Å². The van der Waals surface area contributed by atoms with Crippen LogP contribution in [0.1, 0.15) is 18.1 Å². The Balaban J connectivity index is 2.93. The zero-order chi connectivity index (χ0) is 10.7. The maximum atomic E-state index is 13.0. The molecule has 0 aromatic heterocycles. The molecule has 0 amide bonds. The summed E-state index contributed by atoms with van der Waals surface area (Å²) in [5.74, 6) is -2.81. The Labute approximate surface area is 78.6 Å². The minimum atomic E-state index is -1.52. The van der Waals surface area contributed by atoms with Crippen molar-refractivity contribution in [1.29, 1.82) is 0 Å². The number of carbonyl (C=O) groups is 1. The minimum Gasteiger partial charge on any atom is -0.481 e. The Kier molecular flexibility index (Phi) is 3.14. The third-order valence-corrected chi connectivity index (χ3v) is 1.69. The summed E-state index contributed by atoms with van der Waals surface area (Å²) < 4.78 is 25.6. The molecule has 3 nitrogen and oxygen atoms in total. The number of aliphatic hydroxyl groups excluding tert-OH is 1. The van der Waals surface area contributed by atoms with Gasteiger partial charge in [-0.3, -0.25) is 4.79 Å². The summed E-state index contributed by atoms with van der Waals surface area (Å²) >= 11 is 0. The molecule has 1 aromatic rings. The number of hydrogen-bond donors (Lipinski definition) is 2. The molecule has 0 aliphatic rings. The Morgan fingerprint density at radius 2 is 2.07 bits per heavy atom. The molecule has 0 fully saturated rings. The van der Waals surface area contributed by atoms with E-state index in [0.717, 1.165) is 18.2 Å². The summed E-state index contributed by atoms with van der Waals surface area (Å²) in [6, 6.07) is 2.52. The molecule has 0 aliphatic heterocycles. The van der Waals surface area contributed by atoms with Crippen LogP contribution in [0.4, 0.5) is 8.78 Å². The number of aliphatic carboxylic acids is 1. The number of aliphatic hydroxyl groups is 1. The van der Waals surface area contributed by atoms with E-state index in [2.05, 4.69) is 0 Å². The SMILES string of the molecule is O=C(O)C[C@H](O)c1cc(F)ccc1F. The lowest BCUT2D eigenvalue weighted by Gasteiger charge is -2.08. The molecule has 1 rings (SSSR count). The Hall–Kier alpha value is -1.49. The maximum absolute atomic E-state index is 13.0. The molecule has 0 bridgehead atoms. The molecule has 14 heavy (non-hydrogen) atoms. The first-order chi connectivity index (χ1) is 6.50. The summed E-state index contributed by atoms with van der Waals surface area (Å²) in [7, 11) is 0. The third-order valence-electron chi connectivity index (χ3n) is 1.69. The van der Waals surface area contributed by atoms with Gasteiger partial charge in [0.25, 0.3) is 0 Å². The number of halogens is 2. The highest BCUT2D eigenvalue weighted by atomic mass is 19.1. The van der Waals surface area contributed by atoms with E-state index in [1.807, 2.05) is 0 Å². The van der Waals surface area contributed by atoms with E-state index in [1.165, 1.54) is 0 Å². The van der Waals surface area contributed by atoms with Crippen LogP contribution in [0, 0.1) is 11.6 Å². The van der Waals surface area contributed by atoms with Crippen molar-refractivity contribution in [1.82, 2.24) is 0 Å². The van der Waals surface area contributed by atoms with Crippen LogP contribution in [-0.2, 0) is 4.79 Å². The van der Waals surface area contributed by atoms with Crippen molar-refractivity contribution in [3.63, 3.8) is 0 Å². The van der Waals surface area contributed by atoms with Gasteiger partial charge in [-0.1, -0.05) is 0 Å². The molecule has 1 aromatic carbocycles. The summed E-state index contributed by atoms with van der Waals surface area (Å²) in [5, 5.41) is 17.5. The van der Waals surface area contributed by atoms with Crippen LogP contribution in [0.5, 0.6) is 0 Å². The minimum absolute atomic E-state index is 0.340. The quantitative estimate of drug-likeness (QED) is 0.780. The summed E-state index contributed by atoms with van der Waals surface area (Å²) in [6.07, 6.45) is -2.18. The summed E-state index contributed by atoms with van der Waals surface area (Å²) in [6.45, 7) is 0. The molecular weight excluding hydrogens is 194 g/mol. The second-order valence-electron chi connectivity index (χ2n) is 2.78. The molecular formula is C9H8F2O3. The molecule has 0 radical (unpaired) electrons. The first-order valence-electron chi connectivity index (χ1n) is 3.85. The van der Waals surface area contributed by atoms with Gasteiger partial charge in [-0.05, 0) is 18.2 Å². The second-order valence-corrected chi connectivity index (χ2v) is 2.78. The van der Waals surface area contributed by atoms with E-state index in [0.29, 0.717) is 0 Å². The van der Waals surface area contributed by atoms with Crippen LogP contribution in [0.2, 0.25) is 0 Å². The highest BCUT2D eigenvalue weighted by Crippen LogP contribution is 2.20. The fourth-order valence-corrected chi connectivity index (χ4v) is 1.05. The lowest BCUT2D eigenvalue weighted by molar-refractivity contribution is -0.139. The van der Waals surface area contributed by atoms with Crippen LogP contribution in [0.25, 0.3) is 0 Å². The van der Waals surface area contributed by atoms with Gasteiger partial charge in [0.2, 0.25) is 0 Å². The Morgan fingerprint density at radius 1 is 1.43 bits per heavy atom. The van der Waals surface area contributed by atoms with Crippen molar-refractivity contribution >= 4 is 5.97 Å². The monoisotopic (exact) mass is 202 g/mol. The van der Waals surface area contributed by atoms with Crippen molar-refractivity contribution in [2.24, 2.45) is 0 Å². The fraction of sp³-hybridized carbons (Fsp3) is 0.222. The molecule has 5 heteroatoms. The first-order valence-corrected chi connectivity index (χ1v) is 3.85. The van der Waals surface area contributed by atoms with Gasteiger partial charge in [-0.15, -0.1) is 0 Å². The average molecular weight is 202 g/mol. The van der Waals surface area contributed by atoms with Gasteiger partial charge < -0.3 is 10.2 Å². The fourth-order valence-electron chi connectivity index (χ4n) is 1.05. The van der Waals surface area contributed by atoms with Gasteiger partial charge in [0, 0.05) is 5.56 Å². The zero-order valence-corrected chi connectivity index (χ0v) is 7.08. The van der Waals surface area contributed by atoms with Gasteiger partial charge in [0.15, 0.2) is 0 Å². The van der Waals surface area contributed by atoms with Gasteiger partial charge in [-0.2, -0.15) is 0 Å². The molecule has 0 unspecified atom stereocenters. The molecule has 0 heterocycles. The molecule has 2 N–H and O–H groups in total. The molecule has 0 spiro atoms. The van der Waals surface area contributed by atoms with Crippen molar-refractivity contribution in [3.8, 4) is 0 Å². The molecule has 0 aliphatic carbocycles. The van der Waals surface area contributed by atoms with Crippen molar-refractivity contribution < 1.29 is 23.8 Å². The topological polar surface area (TPSA) is 57.5 Å². The number of rotatable bonds is 3. The lowest BCUT2D eigenvalue weighted by Crippen LogP contribution is -2.07. The van der Waals surface area contributed by atoms with Crippen molar-refractivity contribution in [2.45, 2.75) is 12.5 Å². The molecule has 76 valence electrons. The van der Waals surface area contributed by atoms with Crippen molar-refractivity contribution in [3.05, 3.63) is 35.4 Å². The highest BCUT2D eigenvalue weighted by Gasteiger charge is 2.16. The van der Waals surface area contributed by atoms with Gasteiger partial charge >= 0.3 is 5.97 Å². The first kappa shape index (κ1) is 10.6. The van der Waals surface area contributed by atoms with E-state index < -0.39 is 30.1 Å². The van der Waals surface area contributed by atoms with E-state index in [1.54, 1.807) is 0 Å². The van der Waals surface area contributed by atoms with Crippen LogP contribution in [0.3, 0.4) is 0 Å². The molecule has 0 saturated heterocycles. The lowest BCUT2D eigenvalue weighted by atomic mass is 10.1. The van der Waals surface area contributed by atoms with Crippen LogP contribution in [-0.4, -0.2) is 16.2 Å². The zero-order valence-electron chi connectivity index (χ0n) is 7.08. The smallest absolute Gasteiger partial charge is 0.306 e. The van der Waals surface area contributed by atoms with Crippen LogP contribution < -0.4 is 0 Å². The van der Waals surface area contributed by atoms with Gasteiger partial charge in [0.05, 0.1) is 12.5 Å². The molecule has 0 saturated carbocycles. The number of benzene rings is 1. The van der Waals surface area contributed by atoms with E-state index in [-0.39, 0.29) is 5.56 Å². The van der Waals surface area contributed by atoms with Gasteiger partial charge in [0.1, 0.15) is 11.6 Å². The number of hydrogen-bond acceptors (Lipinski definition) is 2. The Morgan fingerprint density at radius 3 is 2.64 bits per heavy atom. The maximum Gasteiger partial charge on any atom is 0.306 e. The van der Waals surface area contributed by atoms with Gasteiger partial charge in [-0.25, -0.2) is 8.78 Å². The number of carboxylic acid groups (broad SMARTS) is 1. The summed E-state index contributed by atoms with van der Waals surface area (Å²) in [4.78, 5) is 10.2. The molecule has 1 atom stereocenters. The summed E-state index contributed by atoms with van der Waals surface area (Å²) in [5.41, 5.74) is -0.340. The predicted molar refractivity (Wildman–Crippen MR) is 43.6 cm³/mol. The van der Waals surface area contributed by atoms with E-state index >= 15 is 0 Å². The number of carboxylic acids is 1. The van der Waals surface area contributed by atoms with E-state index in [9.17, 15) is 18.7 Å². The largest absolute Gasteiger partial charge is 0.481 e. The predicted octanol–water partition coefficient (Wildman–Crippen LogP) is 1.47. The second kappa shape index (κ2) is 4.15. The van der Waals surface area contributed by atoms with Crippen LogP contribution >= 0.6 is 0 Å².